The molecule has 1 fully saturated rings. The van der Waals surface area contributed by atoms with E-state index in [0.29, 0.717) is 31.4 Å². The Hall–Kier alpha value is -2.08. The number of carbonyl (C=O) groups is 2. The summed E-state index contributed by atoms with van der Waals surface area (Å²) in [5.74, 6) is -0.00609. The molecular weight excluding hydrogens is 310 g/mol. The van der Waals surface area contributed by atoms with Crippen LogP contribution in [0.4, 0.5) is 0 Å². The van der Waals surface area contributed by atoms with E-state index in [1.54, 1.807) is 17.0 Å². The van der Waals surface area contributed by atoms with Crippen molar-refractivity contribution in [2.45, 2.75) is 38.7 Å². The summed E-state index contributed by atoms with van der Waals surface area (Å²) in [5, 5.41) is 18.6. The Morgan fingerprint density at radius 2 is 1.79 bits per heavy atom. The number of piperidine rings is 1. The summed E-state index contributed by atoms with van der Waals surface area (Å²) < 4.78 is 5.66. The maximum absolute atomic E-state index is 12.0. The molecule has 0 unspecified atom stereocenters. The van der Waals surface area contributed by atoms with Crippen LogP contribution in [0.1, 0.15) is 43.5 Å². The fraction of sp³-hybridized carbons (Fsp3) is 0.556. The predicted octanol–water partition coefficient (Wildman–Crippen LogP) is 2.16. The molecule has 0 atom stereocenters. The van der Waals surface area contributed by atoms with E-state index in [2.05, 4.69) is 0 Å². The third kappa shape index (κ3) is 4.96. The number of benzene rings is 1. The third-order valence-electron chi connectivity index (χ3n) is 4.32. The van der Waals surface area contributed by atoms with Crippen LogP contribution in [0.5, 0.6) is 5.75 Å². The van der Waals surface area contributed by atoms with Gasteiger partial charge < -0.3 is 19.8 Å². The highest BCUT2D eigenvalue weighted by Crippen LogP contribution is 2.23. The molecule has 1 heterocycles. The molecule has 0 bridgehead atoms. The van der Waals surface area contributed by atoms with Crippen molar-refractivity contribution >= 4 is 11.9 Å². The Balaban J connectivity index is 1.71. The topological polar surface area (TPSA) is 87.1 Å². The van der Waals surface area contributed by atoms with E-state index < -0.39 is 11.6 Å². The monoisotopic (exact) mass is 335 g/mol. The first kappa shape index (κ1) is 18.3. The number of carboxylic acid groups (broad SMARTS) is 1. The van der Waals surface area contributed by atoms with Crippen LogP contribution in [0.3, 0.4) is 0 Å². The number of aliphatic hydroxyl groups is 1. The van der Waals surface area contributed by atoms with Gasteiger partial charge in [0, 0.05) is 13.1 Å². The van der Waals surface area contributed by atoms with Crippen molar-refractivity contribution < 1.29 is 24.5 Å². The van der Waals surface area contributed by atoms with Gasteiger partial charge in [0.05, 0.1) is 12.2 Å². The van der Waals surface area contributed by atoms with Crippen molar-refractivity contribution in [1.82, 2.24) is 4.90 Å². The van der Waals surface area contributed by atoms with Crippen molar-refractivity contribution in [2.24, 2.45) is 5.92 Å². The molecule has 2 N–H and O–H groups in total. The molecule has 0 aliphatic carbocycles. The van der Waals surface area contributed by atoms with Crippen LogP contribution < -0.4 is 4.74 Å². The number of likely N-dealkylation sites (tertiary alicyclic amines) is 1. The van der Waals surface area contributed by atoms with Gasteiger partial charge in [-0.1, -0.05) is 0 Å². The van der Waals surface area contributed by atoms with Gasteiger partial charge in [-0.15, -0.1) is 0 Å². The molecule has 0 spiro atoms. The summed E-state index contributed by atoms with van der Waals surface area (Å²) in [7, 11) is 0. The second-order valence-corrected chi connectivity index (χ2v) is 6.76. The van der Waals surface area contributed by atoms with Gasteiger partial charge in [-0.05, 0) is 63.3 Å². The van der Waals surface area contributed by atoms with Crippen molar-refractivity contribution in [3.63, 3.8) is 0 Å². The predicted molar refractivity (Wildman–Crippen MR) is 89.1 cm³/mol. The highest BCUT2D eigenvalue weighted by atomic mass is 16.5. The van der Waals surface area contributed by atoms with Crippen LogP contribution in [0.15, 0.2) is 24.3 Å². The van der Waals surface area contributed by atoms with E-state index in [0.717, 1.165) is 19.3 Å². The zero-order chi connectivity index (χ0) is 17.7. The molecule has 0 radical (unpaired) electrons. The minimum atomic E-state index is -1.31. The number of hydrogen-bond acceptors (Lipinski definition) is 4. The third-order valence-corrected chi connectivity index (χ3v) is 4.32. The summed E-state index contributed by atoms with van der Waals surface area (Å²) in [6, 6.07) is 6.37. The Morgan fingerprint density at radius 1 is 1.21 bits per heavy atom. The normalized spacial score (nSPS) is 16.0. The summed E-state index contributed by atoms with van der Waals surface area (Å²) in [6.07, 6.45) is 2.71. The lowest BCUT2D eigenvalue weighted by Gasteiger charge is -2.35. The van der Waals surface area contributed by atoms with Crippen LogP contribution in [0.2, 0.25) is 0 Å². The Labute approximate surface area is 142 Å². The summed E-state index contributed by atoms with van der Waals surface area (Å²) in [4.78, 5) is 24.5. The Bertz CT molecular complexity index is 568. The number of hydrogen-bond donors (Lipinski definition) is 2. The first-order valence-electron chi connectivity index (χ1n) is 8.25. The molecule has 1 aromatic carbocycles. The van der Waals surface area contributed by atoms with Gasteiger partial charge in [0.1, 0.15) is 11.4 Å². The van der Waals surface area contributed by atoms with Gasteiger partial charge in [0.25, 0.3) is 5.91 Å². The first-order valence-corrected chi connectivity index (χ1v) is 8.25. The van der Waals surface area contributed by atoms with E-state index in [-0.39, 0.29) is 11.5 Å². The zero-order valence-corrected chi connectivity index (χ0v) is 14.2. The summed E-state index contributed by atoms with van der Waals surface area (Å²) in [5.41, 5.74) is -1.07. The van der Waals surface area contributed by atoms with Gasteiger partial charge in [-0.2, -0.15) is 0 Å². The van der Waals surface area contributed by atoms with Gasteiger partial charge in [-0.25, -0.2) is 4.79 Å². The summed E-state index contributed by atoms with van der Waals surface area (Å²) in [6.45, 7) is 4.94. The number of carboxylic acids is 1. The van der Waals surface area contributed by atoms with Crippen LogP contribution in [0.25, 0.3) is 0 Å². The van der Waals surface area contributed by atoms with Crippen molar-refractivity contribution in [1.29, 1.82) is 0 Å². The van der Waals surface area contributed by atoms with Gasteiger partial charge in [0.15, 0.2) is 0 Å². The number of ether oxygens (including phenoxy) is 1. The highest BCUT2D eigenvalue weighted by Gasteiger charge is 2.31. The number of rotatable bonds is 6. The fourth-order valence-corrected chi connectivity index (χ4v) is 2.85. The smallest absolute Gasteiger partial charge is 0.335 e. The van der Waals surface area contributed by atoms with E-state index >= 15 is 0 Å². The largest absolute Gasteiger partial charge is 0.494 e. The summed E-state index contributed by atoms with van der Waals surface area (Å²) >= 11 is 0. The standard InChI is InChI=1S/C18H25NO5/c1-18(2,23)17(22)19-10-7-13(8-11-19)9-12-24-15-5-3-14(4-6-15)16(20)21/h3-6,13,23H,7-12H2,1-2H3,(H,20,21). The molecule has 0 saturated carbocycles. The molecule has 6 nitrogen and oxygen atoms in total. The Morgan fingerprint density at radius 3 is 2.29 bits per heavy atom. The SMILES string of the molecule is CC(C)(O)C(=O)N1CCC(CCOc2ccc(C(=O)O)cc2)CC1. The zero-order valence-electron chi connectivity index (χ0n) is 14.2. The minimum Gasteiger partial charge on any atom is -0.494 e. The molecule has 1 saturated heterocycles. The molecule has 1 amide bonds. The van der Waals surface area contributed by atoms with Gasteiger partial charge in [0.2, 0.25) is 0 Å². The lowest BCUT2D eigenvalue weighted by atomic mass is 9.93. The molecule has 24 heavy (non-hydrogen) atoms. The van der Waals surface area contributed by atoms with Crippen molar-refractivity contribution in [3.8, 4) is 5.75 Å². The van der Waals surface area contributed by atoms with Crippen LogP contribution >= 0.6 is 0 Å². The first-order chi connectivity index (χ1) is 11.3. The van der Waals surface area contributed by atoms with Gasteiger partial charge >= 0.3 is 5.97 Å². The molecule has 1 aliphatic rings. The average Bonchev–Trinajstić information content (AvgIpc) is 2.54. The second kappa shape index (κ2) is 7.66. The van der Waals surface area contributed by atoms with Gasteiger partial charge in [-0.3, -0.25) is 4.79 Å². The highest BCUT2D eigenvalue weighted by molar-refractivity contribution is 5.87. The van der Waals surface area contributed by atoms with Crippen molar-refractivity contribution in [2.75, 3.05) is 19.7 Å². The quantitative estimate of drug-likeness (QED) is 0.832. The lowest BCUT2D eigenvalue weighted by molar-refractivity contribution is -0.149. The second-order valence-electron chi connectivity index (χ2n) is 6.76. The van der Waals surface area contributed by atoms with E-state index in [1.165, 1.54) is 26.0 Å². The molecule has 132 valence electrons. The maximum Gasteiger partial charge on any atom is 0.335 e. The molecule has 1 aromatic rings. The molecule has 0 aromatic heterocycles. The van der Waals surface area contributed by atoms with Crippen LogP contribution in [0, 0.1) is 5.92 Å². The minimum absolute atomic E-state index is 0.212. The van der Waals surface area contributed by atoms with E-state index in [9.17, 15) is 14.7 Å². The fourth-order valence-electron chi connectivity index (χ4n) is 2.85. The van der Waals surface area contributed by atoms with Crippen molar-refractivity contribution in [3.05, 3.63) is 29.8 Å². The maximum atomic E-state index is 12.0. The van der Waals surface area contributed by atoms with Crippen LogP contribution in [-0.4, -0.2) is 52.3 Å². The molecule has 2 rings (SSSR count). The van der Waals surface area contributed by atoms with E-state index in [1.807, 2.05) is 0 Å². The number of nitrogens with zero attached hydrogens (tertiary/aromatic N) is 1. The van der Waals surface area contributed by atoms with Crippen LogP contribution in [-0.2, 0) is 4.79 Å². The lowest BCUT2D eigenvalue weighted by Crippen LogP contribution is -2.48. The number of amides is 1. The Kier molecular flexibility index (Phi) is 5.83. The molecular formula is C18H25NO5. The average molecular weight is 335 g/mol. The number of carbonyl (C=O) groups excluding carboxylic acids is 1. The molecule has 1 aliphatic heterocycles. The number of aromatic carboxylic acids is 1. The molecule has 6 heteroatoms. The van der Waals surface area contributed by atoms with E-state index in [4.69, 9.17) is 9.84 Å².